The van der Waals surface area contributed by atoms with Crippen molar-refractivity contribution in [1.29, 1.82) is 5.41 Å². The number of benzene rings is 3. The van der Waals surface area contributed by atoms with Crippen molar-refractivity contribution in [3.63, 3.8) is 0 Å². The molecule has 0 atom stereocenters. The number of phenolic OH excluding ortho intramolecular Hbond substituents is 1. The molecule has 10 nitrogen and oxygen atoms in total. The van der Waals surface area contributed by atoms with Crippen molar-refractivity contribution < 1.29 is 32.8 Å². The average Bonchev–Trinajstić information content (AvgIpc) is 2.72. The number of nitrogen functional groups attached to an aromatic ring is 1. The van der Waals surface area contributed by atoms with Gasteiger partial charge in [0.2, 0.25) is 0 Å². The highest BCUT2D eigenvalue weighted by atomic mass is 32.2. The van der Waals surface area contributed by atoms with Crippen LogP contribution in [-0.2, 0) is 10.1 Å². The lowest BCUT2D eigenvalue weighted by Crippen LogP contribution is -2.14. The number of nitrogens with one attached hydrogen (secondary N) is 2. The third-order valence-electron chi connectivity index (χ3n) is 4.15. The predicted molar refractivity (Wildman–Crippen MR) is 123 cm³/mol. The number of anilines is 1. The van der Waals surface area contributed by atoms with Crippen LogP contribution in [0.25, 0.3) is 11.1 Å². The molecular weight excluding hydrogens is 450 g/mol. The van der Waals surface area contributed by atoms with Gasteiger partial charge in [0.25, 0.3) is 16.0 Å². The molecule has 0 saturated carbocycles. The number of amidine groups is 1. The van der Waals surface area contributed by atoms with E-state index in [4.69, 9.17) is 15.7 Å². The fourth-order valence-corrected chi connectivity index (χ4v) is 2.79. The number of aromatic hydroxyl groups is 1. The Bertz CT molecular complexity index is 1300. The molecule has 7 N–H and O–H groups in total. The summed E-state index contributed by atoms with van der Waals surface area (Å²) >= 11 is 0. The van der Waals surface area contributed by atoms with Crippen molar-refractivity contribution in [2.45, 2.75) is 0 Å². The minimum Gasteiger partial charge on any atom is -0.508 e. The van der Waals surface area contributed by atoms with Gasteiger partial charge in [-0.25, -0.2) is 4.79 Å². The zero-order chi connectivity index (χ0) is 24.8. The molecule has 0 aliphatic heterocycles. The molecule has 3 aromatic rings. The molecule has 3 rings (SSSR count). The molecule has 11 heteroatoms. The first-order valence-corrected chi connectivity index (χ1v) is 11.1. The Kier molecular flexibility index (Phi) is 7.89. The van der Waals surface area contributed by atoms with Gasteiger partial charge < -0.3 is 21.3 Å². The lowest BCUT2D eigenvalue weighted by Gasteiger charge is -2.13. The highest BCUT2D eigenvalue weighted by Crippen LogP contribution is 2.31. The van der Waals surface area contributed by atoms with E-state index in [9.17, 15) is 28.2 Å². The van der Waals surface area contributed by atoms with Crippen LogP contribution in [0.2, 0.25) is 0 Å². The molecule has 0 bridgehead atoms. The van der Waals surface area contributed by atoms with Crippen LogP contribution in [0, 0.1) is 5.41 Å². The molecule has 0 aromatic heterocycles. The number of hydrogen-bond donors (Lipinski definition) is 6. The first kappa shape index (κ1) is 25.0. The van der Waals surface area contributed by atoms with Crippen LogP contribution in [-0.4, -0.2) is 47.2 Å². The van der Waals surface area contributed by atoms with Crippen molar-refractivity contribution in [2.24, 2.45) is 5.73 Å². The molecular formula is C22H21N3O7S. The molecule has 0 aliphatic rings. The second kappa shape index (κ2) is 10.4. The minimum absolute atomic E-state index is 0.0213. The Morgan fingerprint density at radius 2 is 1.52 bits per heavy atom. The number of hydrogen-bond acceptors (Lipinski definition) is 6. The third kappa shape index (κ3) is 7.45. The van der Waals surface area contributed by atoms with Crippen LogP contribution in [0.1, 0.15) is 26.3 Å². The Morgan fingerprint density at radius 1 is 0.939 bits per heavy atom. The van der Waals surface area contributed by atoms with Gasteiger partial charge in [-0.15, -0.1) is 0 Å². The van der Waals surface area contributed by atoms with E-state index in [-0.39, 0.29) is 22.7 Å². The Balaban J connectivity index is 0.000000696. The smallest absolute Gasteiger partial charge is 0.336 e. The SMILES string of the molecule is CS(=O)(=O)O.N=C(N)c1ccc(NC(=O)c2ccc(O)cc2-c2ccccc2C(=O)O)cc1. The number of carbonyl (C=O) groups is 2. The van der Waals surface area contributed by atoms with Gasteiger partial charge in [0.05, 0.1) is 11.8 Å². The van der Waals surface area contributed by atoms with E-state index >= 15 is 0 Å². The van der Waals surface area contributed by atoms with Gasteiger partial charge in [0, 0.05) is 16.8 Å². The summed E-state index contributed by atoms with van der Waals surface area (Å²) in [6.07, 6.45) is 0.715. The summed E-state index contributed by atoms with van der Waals surface area (Å²) in [6, 6.07) is 16.9. The monoisotopic (exact) mass is 471 g/mol. The number of aromatic carboxylic acids is 1. The minimum atomic E-state index is -3.67. The van der Waals surface area contributed by atoms with E-state index in [1.54, 1.807) is 42.5 Å². The van der Waals surface area contributed by atoms with Crippen LogP contribution in [0.15, 0.2) is 66.7 Å². The zero-order valence-electron chi connectivity index (χ0n) is 17.3. The highest BCUT2D eigenvalue weighted by Gasteiger charge is 2.18. The van der Waals surface area contributed by atoms with Crippen molar-refractivity contribution in [3.8, 4) is 16.9 Å². The van der Waals surface area contributed by atoms with Gasteiger partial charge in [0.15, 0.2) is 0 Å². The fraction of sp³-hybridized carbons (Fsp3) is 0.0455. The maximum absolute atomic E-state index is 12.8. The van der Waals surface area contributed by atoms with Gasteiger partial charge >= 0.3 is 5.97 Å². The molecule has 0 unspecified atom stereocenters. The number of carboxylic acid groups (broad SMARTS) is 1. The first-order valence-electron chi connectivity index (χ1n) is 9.21. The van der Waals surface area contributed by atoms with Crippen LogP contribution in [0.4, 0.5) is 5.69 Å². The fourth-order valence-electron chi connectivity index (χ4n) is 2.79. The quantitative estimate of drug-likeness (QED) is 0.186. The second-order valence-corrected chi connectivity index (χ2v) is 8.22. The summed E-state index contributed by atoms with van der Waals surface area (Å²) < 4.78 is 25.9. The van der Waals surface area contributed by atoms with Gasteiger partial charge in [-0.2, -0.15) is 8.42 Å². The lowest BCUT2D eigenvalue weighted by molar-refractivity contribution is 0.0697. The van der Waals surface area contributed by atoms with Crippen molar-refractivity contribution >= 4 is 33.5 Å². The first-order chi connectivity index (χ1) is 15.4. The molecule has 1 amide bonds. The topological polar surface area (TPSA) is 191 Å². The molecule has 3 aromatic carbocycles. The van der Waals surface area contributed by atoms with E-state index in [1.807, 2.05) is 0 Å². The van der Waals surface area contributed by atoms with Gasteiger partial charge in [-0.3, -0.25) is 14.8 Å². The van der Waals surface area contributed by atoms with E-state index in [0.29, 0.717) is 28.6 Å². The number of amides is 1. The molecule has 0 aliphatic carbocycles. The van der Waals surface area contributed by atoms with Crippen molar-refractivity contribution in [3.05, 3.63) is 83.4 Å². The van der Waals surface area contributed by atoms with Crippen molar-refractivity contribution in [2.75, 3.05) is 11.6 Å². The highest BCUT2D eigenvalue weighted by molar-refractivity contribution is 7.85. The van der Waals surface area contributed by atoms with Crippen LogP contribution >= 0.6 is 0 Å². The van der Waals surface area contributed by atoms with Crippen LogP contribution in [0.5, 0.6) is 5.75 Å². The Labute approximate surface area is 189 Å². The maximum Gasteiger partial charge on any atom is 0.336 e. The maximum atomic E-state index is 12.8. The standard InChI is InChI=1S/C21H17N3O4.CH4O3S/c22-19(23)12-5-7-13(8-6-12)24-20(26)16-10-9-14(25)11-18(16)15-3-1-2-4-17(15)21(27)28;1-5(2,3)4/h1-11,25H,(H3,22,23)(H,24,26)(H,27,28);1H3,(H,2,3,4). The summed E-state index contributed by atoms with van der Waals surface area (Å²) in [4.78, 5) is 24.4. The summed E-state index contributed by atoms with van der Waals surface area (Å²) in [7, 11) is -3.67. The van der Waals surface area contributed by atoms with E-state index in [0.717, 1.165) is 0 Å². The number of phenols is 1. The van der Waals surface area contributed by atoms with E-state index < -0.39 is 22.0 Å². The molecule has 33 heavy (non-hydrogen) atoms. The predicted octanol–water partition coefficient (Wildman–Crippen LogP) is 2.80. The van der Waals surface area contributed by atoms with Gasteiger partial charge in [-0.1, -0.05) is 18.2 Å². The average molecular weight is 471 g/mol. The number of nitrogens with two attached hydrogens (primary N) is 1. The normalized spacial score (nSPS) is 10.5. The zero-order valence-corrected chi connectivity index (χ0v) is 18.1. The number of carbonyl (C=O) groups excluding carboxylic acids is 1. The third-order valence-corrected chi connectivity index (χ3v) is 4.15. The molecule has 0 fully saturated rings. The van der Waals surface area contributed by atoms with E-state index in [2.05, 4.69) is 5.32 Å². The molecule has 0 spiro atoms. The number of rotatable bonds is 5. The molecule has 0 radical (unpaired) electrons. The van der Waals surface area contributed by atoms with Gasteiger partial charge in [0.1, 0.15) is 11.6 Å². The lowest BCUT2D eigenvalue weighted by atomic mass is 9.94. The molecule has 0 saturated heterocycles. The summed E-state index contributed by atoms with van der Waals surface area (Å²) in [6.45, 7) is 0. The summed E-state index contributed by atoms with van der Waals surface area (Å²) in [5, 5.41) is 29.4. The Hall–Kier alpha value is -4.22. The second-order valence-electron chi connectivity index (χ2n) is 6.76. The molecule has 172 valence electrons. The van der Waals surface area contributed by atoms with Crippen molar-refractivity contribution in [1.82, 2.24) is 0 Å². The van der Waals surface area contributed by atoms with Gasteiger partial charge in [-0.05, 0) is 59.7 Å². The van der Waals surface area contributed by atoms with Crippen LogP contribution < -0.4 is 11.1 Å². The number of carboxylic acids is 1. The summed E-state index contributed by atoms with van der Waals surface area (Å²) in [5.74, 6) is -1.77. The summed E-state index contributed by atoms with van der Waals surface area (Å²) in [5.41, 5.74) is 7.29. The van der Waals surface area contributed by atoms with Crippen LogP contribution in [0.3, 0.4) is 0 Å². The molecule has 0 heterocycles. The largest absolute Gasteiger partial charge is 0.508 e. The Morgan fingerprint density at radius 3 is 2.06 bits per heavy atom. The van der Waals surface area contributed by atoms with E-state index in [1.165, 1.54) is 24.3 Å².